The second kappa shape index (κ2) is 10.3. The fourth-order valence-electron chi connectivity index (χ4n) is 4.45. The summed E-state index contributed by atoms with van der Waals surface area (Å²) in [5.74, 6) is 0.462. The third-order valence-corrected chi connectivity index (χ3v) is 6.31. The molecule has 0 spiro atoms. The number of pyridine rings is 1. The zero-order chi connectivity index (χ0) is 25.1. The predicted molar refractivity (Wildman–Crippen MR) is 141 cm³/mol. The van der Waals surface area contributed by atoms with Crippen molar-refractivity contribution in [3.05, 3.63) is 78.5 Å². The Kier molecular flexibility index (Phi) is 6.75. The van der Waals surface area contributed by atoms with Gasteiger partial charge in [0.1, 0.15) is 11.6 Å². The summed E-state index contributed by atoms with van der Waals surface area (Å²) >= 11 is 0. The Morgan fingerprint density at radius 3 is 2.72 bits per heavy atom. The monoisotopic (exact) mass is 484 g/mol. The molecule has 8 heteroatoms. The topological polar surface area (TPSA) is 83.0 Å². The van der Waals surface area contributed by atoms with Crippen molar-refractivity contribution in [1.29, 1.82) is 0 Å². The number of amides is 1. The van der Waals surface area contributed by atoms with E-state index in [1.807, 2.05) is 24.4 Å². The van der Waals surface area contributed by atoms with Gasteiger partial charge in [0.25, 0.3) is 5.91 Å². The molecule has 0 aliphatic carbocycles. The van der Waals surface area contributed by atoms with Crippen molar-refractivity contribution >= 4 is 28.4 Å². The van der Waals surface area contributed by atoms with Gasteiger partial charge in [-0.25, -0.2) is 9.37 Å². The number of hydrogen-bond acceptors (Lipinski definition) is 6. The van der Waals surface area contributed by atoms with Gasteiger partial charge in [0, 0.05) is 61.1 Å². The molecular formula is C28H29FN6O. The maximum atomic E-state index is 13.9. The quantitative estimate of drug-likeness (QED) is 0.388. The number of aromatic nitrogens is 3. The Hall–Kier alpha value is -4.07. The Balaban J connectivity index is 1.31. The van der Waals surface area contributed by atoms with Crippen molar-refractivity contribution in [1.82, 2.24) is 20.3 Å². The summed E-state index contributed by atoms with van der Waals surface area (Å²) in [6.45, 7) is 6.59. The van der Waals surface area contributed by atoms with E-state index in [0.717, 1.165) is 53.2 Å². The lowest BCUT2D eigenvalue weighted by atomic mass is 10.0. The van der Waals surface area contributed by atoms with Crippen LogP contribution in [0.3, 0.4) is 0 Å². The molecule has 1 fully saturated rings. The highest BCUT2D eigenvalue weighted by molar-refractivity contribution is 5.95. The number of benzene rings is 2. The Morgan fingerprint density at radius 2 is 1.94 bits per heavy atom. The summed E-state index contributed by atoms with van der Waals surface area (Å²) in [6, 6.07) is 14.1. The third-order valence-electron chi connectivity index (χ3n) is 6.31. The van der Waals surface area contributed by atoms with Crippen molar-refractivity contribution in [2.24, 2.45) is 5.92 Å². The maximum absolute atomic E-state index is 13.9. The number of anilines is 2. The van der Waals surface area contributed by atoms with Crippen LogP contribution in [0, 0.1) is 11.7 Å². The molecule has 0 bridgehead atoms. The second-order valence-corrected chi connectivity index (χ2v) is 9.51. The first-order valence-electron chi connectivity index (χ1n) is 12.2. The number of halogens is 1. The fraction of sp³-hybridized carbons (Fsp3) is 0.286. The third kappa shape index (κ3) is 5.12. The van der Waals surface area contributed by atoms with Gasteiger partial charge in [-0.2, -0.15) is 0 Å². The SMILES string of the molecule is CC(C)CNc1cc(-c2ccc(N3CC[C@H](NC(=O)c4ccccc4F)C3)nc2)c2nccnc2c1. The number of fused-ring (bicyclic) bond motifs is 1. The first kappa shape index (κ1) is 23.7. The molecule has 184 valence electrons. The lowest BCUT2D eigenvalue weighted by molar-refractivity contribution is 0.0936. The van der Waals surface area contributed by atoms with Crippen LogP contribution in [0.15, 0.2) is 67.1 Å². The molecule has 0 unspecified atom stereocenters. The molecule has 3 heterocycles. The summed E-state index contributed by atoms with van der Waals surface area (Å²) in [6.07, 6.45) is 6.03. The molecule has 1 aliphatic rings. The molecule has 2 aromatic heterocycles. The molecule has 1 aliphatic heterocycles. The van der Waals surface area contributed by atoms with Crippen LogP contribution in [-0.4, -0.2) is 46.5 Å². The van der Waals surface area contributed by atoms with Crippen molar-refractivity contribution in [3.8, 4) is 11.1 Å². The second-order valence-electron chi connectivity index (χ2n) is 9.51. The van der Waals surface area contributed by atoms with E-state index < -0.39 is 5.82 Å². The highest BCUT2D eigenvalue weighted by Gasteiger charge is 2.26. The van der Waals surface area contributed by atoms with E-state index in [1.165, 1.54) is 12.1 Å². The summed E-state index contributed by atoms with van der Waals surface area (Å²) in [5.41, 5.74) is 4.67. The van der Waals surface area contributed by atoms with E-state index in [-0.39, 0.29) is 17.5 Å². The van der Waals surface area contributed by atoms with Crippen molar-refractivity contribution in [3.63, 3.8) is 0 Å². The van der Waals surface area contributed by atoms with Crippen molar-refractivity contribution in [2.75, 3.05) is 29.9 Å². The van der Waals surface area contributed by atoms with E-state index in [1.54, 1.807) is 24.5 Å². The minimum Gasteiger partial charge on any atom is -0.385 e. The Morgan fingerprint density at radius 1 is 1.11 bits per heavy atom. The van der Waals surface area contributed by atoms with Gasteiger partial charge in [0.05, 0.1) is 16.6 Å². The van der Waals surface area contributed by atoms with Gasteiger partial charge in [-0.3, -0.25) is 14.8 Å². The van der Waals surface area contributed by atoms with Gasteiger partial charge in [0.15, 0.2) is 0 Å². The first-order chi connectivity index (χ1) is 17.5. The number of carbonyl (C=O) groups is 1. The van der Waals surface area contributed by atoms with E-state index in [0.29, 0.717) is 12.5 Å². The smallest absolute Gasteiger partial charge is 0.254 e. The van der Waals surface area contributed by atoms with Crippen molar-refractivity contribution in [2.45, 2.75) is 26.3 Å². The van der Waals surface area contributed by atoms with Crippen LogP contribution < -0.4 is 15.5 Å². The number of carbonyl (C=O) groups excluding carboxylic acids is 1. The largest absolute Gasteiger partial charge is 0.385 e. The minimum atomic E-state index is -0.511. The lowest BCUT2D eigenvalue weighted by Crippen LogP contribution is -2.37. The number of hydrogen-bond donors (Lipinski definition) is 2. The number of nitrogens with one attached hydrogen (secondary N) is 2. The van der Waals surface area contributed by atoms with E-state index in [4.69, 9.17) is 4.98 Å². The van der Waals surface area contributed by atoms with Crippen LogP contribution in [0.1, 0.15) is 30.6 Å². The highest BCUT2D eigenvalue weighted by Crippen LogP contribution is 2.31. The maximum Gasteiger partial charge on any atom is 0.254 e. The zero-order valence-corrected chi connectivity index (χ0v) is 20.4. The summed E-state index contributed by atoms with van der Waals surface area (Å²) in [5, 5.41) is 6.43. The minimum absolute atomic E-state index is 0.0680. The fourth-order valence-corrected chi connectivity index (χ4v) is 4.45. The number of rotatable bonds is 7. The molecule has 0 saturated carbocycles. The van der Waals surface area contributed by atoms with Gasteiger partial charge in [-0.1, -0.05) is 26.0 Å². The van der Waals surface area contributed by atoms with Gasteiger partial charge in [0.2, 0.25) is 0 Å². The molecule has 1 saturated heterocycles. The zero-order valence-electron chi connectivity index (χ0n) is 20.4. The van der Waals surface area contributed by atoms with Gasteiger partial charge >= 0.3 is 0 Å². The molecule has 36 heavy (non-hydrogen) atoms. The Labute approximate surface area is 209 Å². The van der Waals surface area contributed by atoms with Crippen molar-refractivity contribution < 1.29 is 9.18 Å². The molecule has 0 radical (unpaired) electrons. The predicted octanol–water partition coefficient (Wildman–Crippen LogP) is 4.91. The van der Waals surface area contributed by atoms with Gasteiger partial charge in [-0.05, 0) is 48.7 Å². The van der Waals surface area contributed by atoms with E-state index in [9.17, 15) is 9.18 Å². The summed E-state index contributed by atoms with van der Waals surface area (Å²) < 4.78 is 13.9. The molecule has 2 N–H and O–H groups in total. The molecule has 7 nitrogen and oxygen atoms in total. The summed E-state index contributed by atoms with van der Waals surface area (Å²) in [7, 11) is 0. The Bertz CT molecular complexity index is 1370. The van der Waals surface area contributed by atoms with E-state index in [2.05, 4.69) is 45.4 Å². The van der Waals surface area contributed by atoms with Gasteiger partial charge < -0.3 is 15.5 Å². The van der Waals surface area contributed by atoms with Crippen LogP contribution >= 0.6 is 0 Å². The summed E-state index contributed by atoms with van der Waals surface area (Å²) in [4.78, 5) is 28.4. The normalized spacial score (nSPS) is 15.4. The molecular weight excluding hydrogens is 455 g/mol. The van der Waals surface area contributed by atoms with Crippen LogP contribution in [0.5, 0.6) is 0 Å². The standard InChI is InChI=1S/C28H29FN6O/c1-18(2)15-32-21-13-23(27-25(14-21)30-10-11-31-27)19-7-8-26(33-16-19)35-12-9-20(17-35)34-28(36)22-5-3-4-6-24(22)29/h3-8,10-11,13-14,16,18,20,32H,9,12,15,17H2,1-2H3,(H,34,36)/t20-/m0/s1. The van der Waals surface area contributed by atoms with E-state index >= 15 is 0 Å². The molecule has 5 rings (SSSR count). The van der Waals surface area contributed by atoms with Crippen LogP contribution in [0.25, 0.3) is 22.2 Å². The molecule has 1 atom stereocenters. The van der Waals surface area contributed by atoms with Crippen LogP contribution in [0.4, 0.5) is 15.9 Å². The average molecular weight is 485 g/mol. The number of nitrogens with zero attached hydrogens (tertiary/aromatic N) is 4. The molecule has 4 aromatic rings. The molecule has 2 aromatic carbocycles. The molecule has 1 amide bonds. The first-order valence-corrected chi connectivity index (χ1v) is 12.2. The highest BCUT2D eigenvalue weighted by atomic mass is 19.1. The average Bonchev–Trinajstić information content (AvgIpc) is 3.35. The van der Waals surface area contributed by atoms with Crippen LogP contribution in [0.2, 0.25) is 0 Å². The van der Waals surface area contributed by atoms with Crippen LogP contribution in [-0.2, 0) is 0 Å². The lowest BCUT2D eigenvalue weighted by Gasteiger charge is -2.19. The van der Waals surface area contributed by atoms with Gasteiger partial charge in [-0.15, -0.1) is 0 Å².